The lowest BCUT2D eigenvalue weighted by Crippen LogP contribution is -2.58. The molecule has 2 aliphatic heterocycles. The largest absolute Gasteiger partial charge is 0.377 e. The summed E-state index contributed by atoms with van der Waals surface area (Å²) >= 11 is 0. The Morgan fingerprint density at radius 3 is 3.05 bits per heavy atom. The molecule has 6 heteroatoms. The Labute approximate surface area is 122 Å². The predicted octanol–water partition coefficient (Wildman–Crippen LogP) is 1.41. The van der Waals surface area contributed by atoms with Crippen molar-refractivity contribution in [1.29, 1.82) is 0 Å². The highest BCUT2D eigenvalue weighted by atomic mass is 32.2. The van der Waals surface area contributed by atoms with Gasteiger partial charge in [-0.05, 0) is 26.2 Å². The first-order valence-electron chi connectivity index (χ1n) is 7.32. The molecule has 20 heavy (non-hydrogen) atoms. The Morgan fingerprint density at radius 2 is 2.35 bits per heavy atom. The quantitative estimate of drug-likeness (QED) is 0.550. The molecule has 0 saturated carbocycles. The molecule has 0 spiro atoms. The zero-order chi connectivity index (χ0) is 14.6. The minimum atomic E-state index is -3.14. The molecule has 2 saturated heterocycles. The maximum atomic E-state index is 12.1. The van der Waals surface area contributed by atoms with E-state index in [0.29, 0.717) is 26.3 Å². The highest BCUT2D eigenvalue weighted by Crippen LogP contribution is 2.41. The summed E-state index contributed by atoms with van der Waals surface area (Å²) < 4.78 is 37.4. The first kappa shape index (κ1) is 15.9. The van der Waals surface area contributed by atoms with Crippen molar-refractivity contribution >= 4 is 10.0 Å². The van der Waals surface area contributed by atoms with Crippen molar-refractivity contribution < 1.29 is 17.9 Å². The third-order valence-corrected chi connectivity index (χ3v) is 6.16. The van der Waals surface area contributed by atoms with Gasteiger partial charge in [0.1, 0.15) is 0 Å². The third kappa shape index (κ3) is 3.24. The number of hydrogen-bond acceptors (Lipinski definition) is 4. The van der Waals surface area contributed by atoms with Gasteiger partial charge in [-0.25, -0.2) is 12.7 Å². The molecule has 2 heterocycles. The maximum Gasteiger partial charge on any atom is 0.213 e. The SMILES string of the molecule is C=CCOCC12CCCOC1CCN(S(=O)(=O)CC)C2. The first-order valence-corrected chi connectivity index (χ1v) is 8.93. The van der Waals surface area contributed by atoms with Crippen LogP contribution < -0.4 is 0 Å². The standard InChI is InChI=1S/C14H25NO4S/c1-3-9-18-12-14-7-5-10-19-13(14)6-8-15(11-14)20(16,17)4-2/h3,13H,1,4-12H2,2H3. The highest BCUT2D eigenvalue weighted by Gasteiger charge is 2.48. The van der Waals surface area contributed by atoms with Crippen molar-refractivity contribution in [3.8, 4) is 0 Å². The van der Waals surface area contributed by atoms with Crippen LogP contribution in [0.1, 0.15) is 26.2 Å². The summed E-state index contributed by atoms with van der Waals surface area (Å²) in [4.78, 5) is 0. The van der Waals surface area contributed by atoms with Gasteiger partial charge in [0, 0.05) is 25.1 Å². The van der Waals surface area contributed by atoms with Crippen LogP contribution in [0.2, 0.25) is 0 Å². The summed E-state index contributed by atoms with van der Waals surface area (Å²) in [5, 5.41) is 0. The fourth-order valence-corrected chi connectivity index (χ4v) is 4.43. The Balaban J connectivity index is 2.14. The summed E-state index contributed by atoms with van der Waals surface area (Å²) in [6.07, 6.45) is 4.53. The topological polar surface area (TPSA) is 55.8 Å². The van der Waals surface area contributed by atoms with Gasteiger partial charge in [0.05, 0.1) is 25.1 Å². The van der Waals surface area contributed by atoms with Crippen LogP contribution >= 0.6 is 0 Å². The molecule has 0 aromatic heterocycles. The molecule has 2 atom stereocenters. The van der Waals surface area contributed by atoms with Gasteiger partial charge in [-0.1, -0.05) is 6.08 Å². The molecule has 5 nitrogen and oxygen atoms in total. The van der Waals surface area contributed by atoms with E-state index in [9.17, 15) is 8.42 Å². The number of ether oxygens (including phenoxy) is 2. The Bertz CT molecular complexity index is 436. The monoisotopic (exact) mass is 303 g/mol. The van der Waals surface area contributed by atoms with Crippen LogP contribution in [0.3, 0.4) is 0 Å². The van der Waals surface area contributed by atoms with Crippen molar-refractivity contribution in [2.45, 2.75) is 32.3 Å². The number of fused-ring (bicyclic) bond motifs is 1. The average molecular weight is 303 g/mol. The Morgan fingerprint density at radius 1 is 1.55 bits per heavy atom. The molecule has 2 rings (SSSR count). The molecular formula is C14H25NO4S. The van der Waals surface area contributed by atoms with Gasteiger partial charge < -0.3 is 9.47 Å². The molecular weight excluding hydrogens is 278 g/mol. The summed E-state index contributed by atoms with van der Waals surface area (Å²) in [7, 11) is -3.14. The fourth-order valence-electron chi connectivity index (χ4n) is 3.23. The third-order valence-electron chi connectivity index (χ3n) is 4.34. The van der Waals surface area contributed by atoms with Crippen molar-refractivity contribution in [3.63, 3.8) is 0 Å². The van der Waals surface area contributed by atoms with E-state index in [1.165, 1.54) is 0 Å². The Hall–Kier alpha value is -0.430. The summed E-state index contributed by atoms with van der Waals surface area (Å²) in [5.74, 6) is 0.155. The van der Waals surface area contributed by atoms with Crippen LogP contribution in [0.5, 0.6) is 0 Å². The zero-order valence-corrected chi connectivity index (χ0v) is 13.0. The summed E-state index contributed by atoms with van der Waals surface area (Å²) in [6, 6.07) is 0. The van der Waals surface area contributed by atoms with Crippen LogP contribution in [0, 0.1) is 5.41 Å². The molecule has 0 radical (unpaired) electrons. The number of sulfonamides is 1. The van der Waals surface area contributed by atoms with Crippen LogP contribution in [-0.2, 0) is 19.5 Å². The van der Waals surface area contributed by atoms with Crippen molar-refractivity contribution in [2.24, 2.45) is 5.41 Å². The van der Waals surface area contributed by atoms with E-state index >= 15 is 0 Å². The smallest absolute Gasteiger partial charge is 0.213 e. The van der Waals surface area contributed by atoms with Crippen LogP contribution in [0.15, 0.2) is 12.7 Å². The van der Waals surface area contributed by atoms with Crippen molar-refractivity contribution in [3.05, 3.63) is 12.7 Å². The Kier molecular flexibility index (Phi) is 5.23. The van der Waals surface area contributed by atoms with Crippen LogP contribution in [-0.4, -0.2) is 57.5 Å². The minimum Gasteiger partial charge on any atom is -0.377 e. The van der Waals surface area contributed by atoms with Crippen LogP contribution in [0.25, 0.3) is 0 Å². The molecule has 0 aromatic carbocycles. The second-order valence-corrected chi connectivity index (χ2v) is 7.91. The number of hydrogen-bond donors (Lipinski definition) is 0. The molecule has 116 valence electrons. The van der Waals surface area contributed by atoms with Crippen LogP contribution in [0.4, 0.5) is 0 Å². The first-order chi connectivity index (χ1) is 9.54. The summed E-state index contributed by atoms with van der Waals surface area (Å²) in [6.45, 7) is 8.23. The van der Waals surface area contributed by atoms with E-state index < -0.39 is 10.0 Å². The van der Waals surface area contributed by atoms with E-state index in [1.807, 2.05) is 0 Å². The molecule has 0 amide bonds. The molecule has 0 aliphatic carbocycles. The van der Waals surface area contributed by atoms with Gasteiger partial charge in [-0.2, -0.15) is 0 Å². The van der Waals surface area contributed by atoms with E-state index in [4.69, 9.17) is 9.47 Å². The predicted molar refractivity (Wildman–Crippen MR) is 78.1 cm³/mol. The van der Waals surface area contributed by atoms with Gasteiger partial charge >= 0.3 is 0 Å². The minimum absolute atomic E-state index is 0.115. The number of rotatable bonds is 6. The molecule has 0 aromatic rings. The lowest BCUT2D eigenvalue weighted by molar-refractivity contribution is -0.140. The van der Waals surface area contributed by atoms with Gasteiger partial charge in [-0.3, -0.25) is 0 Å². The van der Waals surface area contributed by atoms with E-state index in [0.717, 1.165) is 25.9 Å². The molecule has 0 bridgehead atoms. The number of nitrogens with zero attached hydrogens (tertiary/aromatic N) is 1. The molecule has 2 fully saturated rings. The second kappa shape index (κ2) is 6.56. The molecule has 2 unspecified atom stereocenters. The number of piperidine rings is 1. The summed E-state index contributed by atoms with van der Waals surface area (Å²) in [5.41, 5.74) is -0.193. The van der Waals surface area contributed by atoms with Crippen molar-refractivity contribution in [2.75, 3.05) is 38.7 Å². The average Bonchev–Trinajstić information content (AvgIpc) is 2.47. The maximum absolute atomic E-state index is 12.1. The van der Waals surface area contributed by atoms with Gasteiger partial charge in [0.2, 0.25) is 10.0 Å². The highest BCUT2D eigenvalue weighted by molar-refractivity contribution is 7.89. The van der Waals surface area contributed by atoms with Gasteiger partial charge in [-0.15, -0.1) is 6.58 Å². The van der Waals surface area contributed by atoms with E-state index in [2.05, 4.69) is 6.58 Å². The van der Waals surface area contributed by atoms with Gasteiger partial charge in [0.15, 0.2) is 0 Å². The molecule has 2 aliphatic rings. The lowest BCUT2D eigenvalue weighted by Gasteiger charge is -2.49. The zero-order valence-electron chi connectivity index (χ0n) is 12.2. The van der Waals surface area contributed by atoms with Crippen molar-refractivity contribution in [1.82, 2.24) is 4.31 Å². The fraction of sp³-hybridized carbons (Fsp3) is 0.857. The lowest BCUT2D eigenvalue weighted by atomic mass is 9.73. The second-order valence-electron chi connectivity index (χ2n) is 5.65. The molecule has 0 N–H and O–H groups in total. The normalized spacial score (nSPS) is 31.8. The van der Waals surface area contributed by atoms with Gasteiger partial charge in [0.25, 0.3) is 0 Å². The van der Waals surface area contributed by atoms with E-state index in [-0.39, 0.29) is 17.3 Å². The van der Waals surface area contributed by atoms with E-state index in [1.54, 1.807) is 17.3 Å².